The number of benzene rings is 2. The molecule has 1 N–H and O–H groups in total. The van der Waals surface area contributed by atoms with Gasteiger partial charge >= 0.3 is 0 Å². The van der Waals surface area contributed by atoms with Crippen molar-refractivity contribution in [2.24, 2.45) is 5.92 Å². The summed E-state index contributed by atoms with van der Waals surface area (Å²) in [7, 11) is 4.62. The van der Waals surface area contributed by atoms with Crippen LogP contribution in [0.25, 0.3) is 0 Å². The van der Waals surface area contributed by atoms with E-state index >= 15 is 0 Å². The fourth-order valence-corrected chi connectivity index (χ4v) is 5.47. The molecule has 3 atom stereocenters. The number of quaternary nitrogens is 1. The molecule has 2 aromatic rings. The van der Waals surface area contributed by atoms with E-state index in [1.54, 1.807) is 24.3 Å². The van der Waals surface area contributed by atoms with Crippen LogP contribution in [0.5, 0.6) is 0 Å². The number of halogens is 3. The molecule has 28 heavy (non-hydrogen) atoms. The minimum absolute atomic E-state index is 0. The fourth-order valence-electron chi connectivity index (χ4n) is 5.47. The lowest BCUT2D eigenvalue weighted by molar-refractivity contribution is -0.931. The molecule has 0 spiro atoms. The van der Waals surface area contributed by atoms with E-state index in [1.807, 2.05) is 0 Å². The number of hydrogen-bond donors (Lipinski definition) is 1. The molecule has 2 aromatic carbocycles. The van der Waals surface area contributed by atoms with E-state index in [-0.39, 0.29) is 35.6 Å². The van der Waals surface area contributed by atoms with Crippen molar-refractivity contribution in [2.45, 2.75) is 49.8 Å². The summed E-state index contributed by atoms with van der Waals surface area (Å²) >= 11 is 0. The average Bonchev–Trinajstić information content (AvgIpc) is 2.79. The summed E-state index contributed by atoms with van der Waals surface area (Å²) in [4.78, 5) is 0. The Morgan fingerprint density at radius 1 is 0.929 bits per heavy atom. The second-order valence-corrected chi connectivity index (χ2v) is 8.94. The Morgan fingerprint density at radius 2 is 1.39 bits per heavy atom. The summed E-state index contributed by atoms with van der Waals surface area (Å²) in [6.07, 6.45) is 5.05. The molecule has 2 heterocycles. The minimum Gasteiger partial charge on any atom is -1.00 e. The van der Waals surface area contributed by atoms with Crippen molar-refractivity contribution in [3.05, 3.63) is 71.3 Å². The van der Waals surface area contributed by atoms with Crippen LogP contribution < -0.4 is 24.0 Å². The molecule has 2 aliphatic rings. The summed E-state index contributed by atoms with van der Waals surface area (Å²) in [5.41, 5.74) is -0.387. The predicted octanol–water partition coefficient (Wildman–Crippen LogP) is 1.61. The van der Waals surface area contributed by atoms with Crippen LogP contribution in [-0.4, -0.2) is 35.8 Å². The van der Waals surface area contributed by atoms with Gasteiger partial charge in [-0.25, -0.2) is 8.78 Å². The average molecular weight is 499 g/mol. The van der Waals surface area contributed by atoms with Crippen LogP contribution in [-0.2, 0) is 5.60 Å². The lowest BCUT2D eigenvalue weighted by atomic mass is 9.75. The Kier molecular flexibility index (Phi) is 6.18. The van der Waals surface area contributed by atoms with Gasteiger partial charge in [-0.1, -0.05) is 24.3 Å². The Bertz CT molecular complexity index is 779. The van der Waals surface area contributed by atoms with Gasteiger partial charge in [-0.3, -0.25) is 0 Å². The van der Waals surface area contributed by atoms with Crippen LogP contribution in [0.3, 0.4) is 0 Å². The molecule has 0 aromatic heterocycles. The van der Waals surface area contributed by atoms with Gasteiger partial charge in [0.25, 0.3) is 0 Å². The molecule has 0 saturated carbocycles. The molecule has 0 radical (unpaired) electrons. The van der Waals surface area contributed by atoms with Crippen LogP contribution in [0.15, 0.2) is 48.5 Å². The highest BCUT2D eigenvalue weighted by molar-refractivity contribution is 5.36. The van der Waals surface area contributed by atoms with Gasteiger partial charge in [0.2, 0.25) is 0 Å². The van der Waals surface area contributed by atoms with Crippen molar-refractivity contribution < 1.29 is 42.3 Å². The first kappa shape index (κ1) is 21.7. The third-order valence-electron chi connectivity index (χ3n) is 7.11. The number of fused-ring (bicyclic) bond motifs is 2. The monoisotopic (exact) mass is 499 g/mol. The first-order chi connectivity index (χ1) is 12.8. The van der Waals surface area contributed by atoms with Gasteiger partial charge in [0.15, 0.2) is 0 Å². The predicted molar refractivity (Wildman–Crippen MR) is 102 cm³/mol. The van der Waals surface area contributed by atoms with Crippen LogP contribution in [0.1, 0.15) is 43.2 Å². The minimum atomic E-state index is -1.39. The van der Waals surface area contributed by atoms with E-state index in [2.05, 4.69) is 14.1 Å². The molecular formula is C23H28F2INO. The summed E-state index contributed by atoms with van der Waals surface area (Å²) < 4.78 is 28.9. The van der Waals surface area contributed by atoms with Crippen LogP contribution >= 0.6 is 0 Å². The van der Waals surface area contributed by atoms with Crippen molar-refractivity contribution in [3.63, 3.8) is 0 Å². The van der Waals surface area contributed by atoms with Crippen molar-refractivity contribution in [1.29, 1.82) is 0 Å². The SMILES string of the molecule is C[N+]1(C)[C@@H]2CC[C@H]1CC(CC(O)(c1cccc(F)c1)c1cccc(F)c1)C2.[I-]. The number of piperidine rings is 1. The maximum absolute atomic E-state index is 13.9. The molecule has 0 aliphatic carbocycles. The normalized spacial score (nSPS) is 26.0. The number of rotatable bonds is 4. The molecule has 2 bridgehead atoms. The zero-order valence-corrected chi connectivity index (χ0v) is 18.6. The third kappa shape index (κ3) is 3.85. The Labute approximate surface area is 183 Å². The molecule has 4 rings (SSSR count). The largest absolute Gasteiger partial charge is 1.00 e. The maximum atomic E-state index is 13.9. The fraction of sp³-hybridized carbons (Fsp3) is 0.478. The third-order valence-corrected chi connectivity index (χ3v) is 7.11. The second kappa shape index (κ2) is 8.00. The Balaban J connectivity index is 0.00000225. The lowest BCUT2D eigenvalue weighted by Crippen LogP contribution is -3.00. The Morgan fingerprint density at radius 3 is 1.82 bits per heavy atom. The topological polar surface area (TPSA) is 20.2 Å². The van der Waals surface area contributed by atoms with Crippen LogP contribution in [0, 0.1) is 17.6 Å². The van der Waals surface area contributed by atoms with Crippen molar-refractivity contribution in [1.82, 2.24) is 0 Å². The molecule has 152 valence electrons. The number of hydrogen-bond acceptors (Lipinski definition) is 1. The van der Waals surface area contributed by atoms with Crippen molar-refractivity contribution in [3.8, 4) is 0 Å². The molecule has 1 unspecified atom stereocenters. The van der Waals surface area contributed by atoms with Gasteiger partial charge in [0.05, 0.1) is 26.2 Å². The number of aliphatic hydroxyl groups is 1. The van der Waals surface area contributed by atoms with Gasteiger partial charge in [0.1, 0.15) is 17.2 Å². The van der Waals surface area contributed by atoms with Gasteiger partial charge in [0, 0.05) is 25.7 Å². The standard InChI is InChI=1S/C23H28F2NO.HI/c1-26(2)21-9-10-22(26)12-16(11-21)15-23(27,17-5-3-7-19(24)13-17)18-6-4-8-20(25)14-18;/h3-8,13-14,16,21-22,27H,9-12,15H2,1-2H3;1H/q+1;/p-1/t16?,21-,22+;. The van der Waals surface area contributed by atoms with Crippen molar-refractivity contribution >= 4 is 0 Å². The summed E-state index contributed by atoms with van der Waals surface area (Å²) in [5, 5.41) is 11.7. The molecule has 5 heteroatoms. The molecule has 0 amide bonds. The summed E-state index contributed by atoms with van der Waals surface area (Å²) in [6, 6.07) is 13.4. The van der Waals surface area contributed by atoms with E-state index in [4.69, 9.17) is 0 Å². The Hall–Kier alpha value is -1.05. The molecule has 2 nitrogen and oxygen atoms in total. The highest BCUT2D eigenvalue weighted by Crippen LogP contribution is 2.47. The second-order valence-electron chi connectivity index (χ2n) is 8.94. The zero-order chi connectivity index (χ0) is 19.2. The van der Waals surface area contributed by atoms with Gasteiger partial charge in [-0.05, 0) is 47.7 Å². The van der Waals surface area contributed by atoms with E-state index < -0.39 is 5.60 Å². The number of nitrogens with zero attached hydrogens (tertiary/aromatic N) is 1. The maximum Gasteiger partial charge on any atom is 0.123 e. The molecule has 2 aliphatic heterocycles. The van der Waals surface area contributed by atoms with E-state index in [0.717, 1.165) is 17.3 Å². The van der Waals surface area contributed by atoms with Crippen LogP contribution in [0.2, 0.25) is 0 Å². The molecule has 2 saturated heterocycles. The highest BCUT2D eigenvalue weighted by Gasteiger charge is 2.50. The first-order valence-electron chi connectivity index (χ1n) is 9.87. The molecular weight excluding hydrogens is 471 g/mol. The van der Waals surface area contributed by atoms with Gasteiger partial charge in [-0.2, -0.15) is 0 Å². The van der Waals surface area contributed by atoms with Crippen LogP contribution in [0.4, 0.5) is 8.78 Å². The first-order valence-corrected chi connectivity index (χ1v) is 9.87. The summed E-state index contributed by atoms with van der Waals surface area (Å²) in [5.74, 6) is -0.433. The van der Waals surface area contributed by atoms with Crippen molar-refractivity contribution in [2.75, 3.05) is 14.1 Å². The quantitative estimate of drug-likeness (QED) is 0.501. The smallest absolute Gasteiger partial charge is 0.123 e. The summed E-state index contributed by atoms with van der Waals surface area (Å²) in [6.45, 7) is 0. The van der Waals surface area contributed by atoms with E-state index in [0.29, 0.717) is 35.5 Å². The zero-order valence-electron chi connectivity index (χ0n) is 16.4. The van der Waals surface area contributed by atoms with E-state index in [1.165, 1.54) is 37.1 Å². The highest BCUT2D eigenvalue weighted by atomic mass is 127. The van der Waals surface area contributed by atoms with Gasteiger partial charge < -0.3 is 33.6 Å². The van der Waals surface area contributed by atoms with E-state index in [9.17, 15) is 13.9 Å². The van der Waals surface area contributed by atoms with Gasteiger partial charge in [-0.15, -0.1) is 0 Å². The lowest BCUT2D eigenvalue weighted by Gasteiger charge is -2.46. The molecule has 2 fully saturated rings.